The number of non-ortho nitro benzene ring substituents is 1. The van der Waals surface area contributed by atoms with E-state index in [-0.39, 0.29) is 23.8 Å². The number of nitrogens with zero attached hydrogens (tertiary/aromatic N) is 3. The van der Waals surface area contributed by atoms with Crippen LogP contribution in [0.1, 0.15) is 27.2 Å². The van der Waals surface area contributed by atoms with Crippen molar-refractivity contribution in [1.82, 2.24) is 9.88 Å². The Morgan fingerprint density at radius 2 is 2.24 bits per heavy atom. The molecule has 1 saturated heterocycles. The van der Waals surface area contributed by atoms with E-state index in [1.165, 1.54) is 18.2 Å². The van der Waals surface area contributed by atoms with Crippen LogP contribution < -0.4 is 5.32 Å². The highest BCUT2D eigenvalue weighted by atomic mass is 16.6. The lowest BCUT2D eigenvalue weighted by molar-refractivity contribution is -0.384. The Balaban J connectivity index is 1.64. The van der Waals surface area contributed by atoms with Gasteiger partial charge in [0.2, 0.25) is 0 Å². The highest BCUT2D eigenvalue weighted by molar-refractivity contribution is 5.77. The molecule has 1 aliphatic heterocycles. The van der Waals surface area contributed by atoms with Gasteiger partial charge in [0.25, 0.3) is 11.7 Å². The number of nitrogens with one attached hydrogen (secondary N) is 1. The van der Waals surface area contributed by atoms with E-state index in [1.54, 1.807) is 4.90 Å². The van der Waals surface area contributed by atoms with Crippen LogP contribution in [-0.2, 0) is 4.74 Å². The summed E-state index contributed by atoms with van der Waals surface area (Å²) in [4.78, 5) is 28.3. The van der Waals surface area contributed by atoms with Crippen molar-refractivity contribution in [3.63, 3.8) is 0 Å². The van der Waals surface area contributed by atoms with Crippen LogP contribution in [0.4, 0.5) is 16.5 Å². The molecule has 1 amide bonds. The average Bonchev–Trinajstić information content (AvgIpc) is 3.11. The SMILES string of the molecule is CC(C)(C)OC(=O)N1CC[C@H](Nc2nc3cc([N+](=O)[O-])ccc3o2)C1. The number of nitro benzene ring substituents is 1. The molecule has 2 heterocycles. The molecule has 1 fully saturated rings. The number of amides is 1. The summed E-state index contributed by atoms with van der Waals surface area (Å²) in [6.07, 6.45) is 0.392. The van der Waals surface area contributed by atoms with Crippen LogP contribution in [0.5, 0.6) is 0 Å². The van der Waals surface area contributed by atoms with Crippen molar-refractivity contribution in [1.29, 1.82) is 0 Å². The smallest absolute Gasteiger partial charge is 0.410 e. The molecule has 1 aromatic heterocycles. The minimum absolute atomic E-state index is 0.0180. The Morgan fingerprint density at radius 3 is 2.92 bits per heavy atom. The van der Waals surface area contributed by atoms with Gasteiger partial charge in [0.05, 0.1) is 4.92 Å². The zero-order valence-corrected chi connectivity index (χ0v) is 14.3. The summed E-state index contributed by atoms with van der Waals surface area (Å²) >= 11 is 0. The number of hydrogen-bond acceptors (Lipinski definition) is 7. The highest BCUT2D eigenvalue weighted by Crippen LogP contribution is 2.25. The highest BCUT2D eigenvalue weighted by Gasteiger charge is 2.30. The van der Waals surface area contributed by atoms with Crippen LogP contribution in [0.15, 0.2) is 22.6 Å². The van der Waals surface area contributed by atoms with Crippen LogP contribution in [-0.4, -0.2) is 45.6 Å². The summed E-state index contributed by atoms with van der Waals surface area (Å²) in [5.41, 5.74) is 0.315. The molecule has 0 radical (unpaired) electrons. The maximum Gasteiger partial charge on any atom is 0.410 e. The van der Waals surface area contributed by atoms with E-state index in [0.717, 1.165) is 6.42 Å². The summed E-state index contributed by atoms with van der Waals surface area (Å²) in [6.45, 7) is 6.54. The molecule has 0 aliphatic carbocycles. The lowest BCUT2D eigenvalue weighted by Gasteiger charge is -2.24. The number of ether oxygens (including phenoxy) is 1. The number of likely N-dealkylation sites (tertiary alicyclic amines) is 1. The molecule has 134 valence electrons. The second-order valence-electron chi connectivity index (χ2n) is 6.98. The van der Waals surface area contributed by atoms with Gasteiger partial charge >= 0.3 is 6.09 Å². The fourth-order valence-corrected chi connectivity index (χ4v) is 2.64. The molecule has 1 aliphatic rings. The number of aromatic nitrogens is 1. The Hall–Kier alpha value is -2.84. The number of benzene rings is 1. The molecule has 0 bridgehead atoms. The normalized spacial score (nSPS) is 17.7. The second kappa shape index (κ2) is 6.23. The van der Waals surface area contributed by atoms with E-state index >= 15 is 0 Å². The van der Waals surface area contributed by atoms with Crippen molar-refractivity contribution in [3.05, 3.63) is 28.3 Å². The molecule has 9 heteroatoms. The van der Waals surface area contributed by atoms with Gasteiger partial charge in [-0.15, -0.1) is 0 Å². The monoisotopic (exact) mass is 348 g/mol. The summed E-state index contributed by atoms with van der Waals surface area (Å²) in [7, 11) is 0. The third-order valence-corrected chi connectivity index (χ3v) is 3.75. The van der Waals surface area contributed by atoms with Gasteiger partial charge < -0.3 is 19.4 Å². The number of anilines is 1. The number of nitro groups is 1. The fourth-order valence-electron chi connectivity index (χ4n) is 2.64. The van der Waals surface area contributed by atoms with Crippen LogP contribution >= 0.6 is 0 Å². The molecule has 1 aromatic carbocycles. The summed E-state index contributed by atoms with van der Waals surface area (Å²) < 4.78 is 10.9. The molecular weight excluding hydrogens is 328 g/mol. The van der Waals surface area contributed by atoms with Crippen LogP contribution in [0.3, 0.4) is 0 Å². The van der Waals surface area contributed by atoms with Gasteiger partial charge in [0, 0.05) is 31.3 Å². The number of oxazole rings is 1. The molecule has 2 aromatic rings. The topological polar surface area (TPSA) is 111 Å². The fraction of sp³-hybridized carbons (Fsp3) is 0.500. The van der Waals surface area contributed by atoms with Gasteiger partial charge in [0.1, 0.15) is 11.1 Å². The van der Waals surface area contributed by atoms with Crippen molar-refractivity contribution >= 4 is 28.9 Å². The minimum atomic E-state index is -0.530. The maximum absolute atomic E-state index is 12.1. The van der Waals surface area contributed by atoms with E-state index in [4.69, 9.17) is 9.15 Å². The largest absolute Gasteiger partial charge is 0.444 e. The molecule has 0 unspecified atom stereocenters. The number of fused-ring (bicyclic) bond motifs is 1. The first-order valence-electron chi connectivity index (χ1n) is 8.01. The lowest BCUT2D eigenvalue weighted by Crippen LogP contribution is -2.36. The molecule has 0 saturated carbocycles. The van der Waals surface area contributed by atoms with Crippen LogP contribution in [0.2, 0.25) is 0 Å². The summed E-state index contributed by atoms with van der Waals surface area (Å²) in [5, 5.41) is 13.9. The molecule has 25 heavy (non-hydrogen) atoms. The maximum atomic E-state index is 12.1. The standard InChI is InChI=1S/C16H20N4O5/c1-16(2,3)25-15(21)19-7-6-10(9-19)17-14-18-12-8-11(20(22)23)4-5-13(12)24-14/h4-5,8,10H,6-7,9H2,1-3H3,(H,17,18)/t10-/m0/s1. The number of carbonyl (C=O) groups excluding carboxylic acids is 1. The van der Waals surface area contributed by atoms with E-state index in [0.29, 0.717) is 24.2 Å². The van der Waals surface area contributed by atoms with E-state index in [1.807, 2.05) is 20.8 Å². The predicted octanol–water partition coefficient (Wildman–Crippen LogP) is 3.16. The van der Waals surface area contributed by atoms with Gasteiger partial charge in [-0.3, -0.25) is 10.1 Å². The van der Waals surface area contributed by atoms with Gasteiger partial charge in [-0.25, -0.2) is 4.79 Å². The van der Waals surface area contributed by atoms with E-state index < -0.39 is 10.5 Å². The number of hydrogen-bond donors (Lipinski definition) is 1. The Bertz CT molecular complexity index is 810. The number of rotatable bonds is 3. The molecule has 9 nitrogen and oxygen atoms in total. The van der Waals surface area contributed by atoms with Crippen LogP contribution in [0.25, 0.3) is 11.1 Å². The van der Waals surface area contributed by atoms with E-state index in [2.05, 4.69) is 10.3 Å². The van der Waals surface area contributed by atoms with Crippen molar-refractivity contribution in [2.45, 2.75) is 38.8 Å². The molecule has 3 rings (SSSR count). The van der Waals surface area contributed by atoms with Gasteiger partial charge in [0.15, 0.2) is 5.58 Å². The summed E-state index contributed by atoms with van der Waals surface area (Å²) in [6, 6.07) is 4.53. The van der Waals surface area contributed by atoms with Gasteiger partial charge in [-0.1, -0.05) is 0 Å². The molecular formula is C16H20N4O5. The van der Waals surface area contributed by atoms with Crippen molar-refractivity contribution in [2.24, 2.45) is 0 Å². The average molecular weight is 348 g/mol. The number of carbonyl (C=O) groups is 1. The first-order chi connectivity index (χ1) is 11.7. The van der Waals surface area contributed by atoms with Crippen LogP contribution in [0, 0.1) is 10.1 Å². The van der Waals surface area contributed by atoms with Crippen molar-refractivity contribution < 1.29 is 18.9 Å². The van der Waals surface area contributed by atoms with Crippen molar-refractivity contribution in [2.75, 3.05) is 18.4 Å². The quantitative estimate of drug-likeness (QED) is 0.670. The molecule has 1 N–H and O–H groups in total. The minimum Gasteiger partial charge on any atom is -0.444 e. The third kappa shape index (κ3) is 3.98. The van der Waals surface area contributed by atoms with Gasteiger partial charge in [-0.2, -0.15) is 4.98 Å². The van der Waals surface area contributed by atoms with E-state index in [9.17, 15) is 14.9 Å². The molecule has 1 atom stereocenters. The van der Waals surface area contributed by atoms with Gasteiger partial charge in [-0.05, 0) is 33.3 Å². The first kappa shape index (κ1) is 17.0. The zero-order valence-electron chi connectivity index (χ0n) is 14.3. The molecule has 0 spiro atoms. The Kier molecular flexibility index (Phi) is 4.23. The lowest BCUT2D eigenvalue weighted by atomic mass is 10.2. The van der Waals surface area contributed by atoms with Crippen molar-refractivity contribution in [3.8, 4) is 0 Å². The third-order valence-electron chi connectivity index (χ3n) is 3.75. The zero-order chi connectivity index (χ0) is 18.2. The Labute approximate surface area is 144 Å². The Morgan fingerprint density at radius 1 is 1.48 bits per heavy atom. The second-order valence-corrected chi connectivity index (χ2v) is 6.98. The first-order valence-corrected chi connectivity index (χ1v) is 8.01. The summed E-state index contributed by atoms with van der Waals surface area (Å²) in [5.74, 6) is 0. The predicted molar refractivity (Wildman–Crippen MR) is 90.5 cm³/mol.